The Hall–Kier alpha value is -2.37. The minimum absolute atomic E-state index is 0.173. The summed E-state index contributed by atoms with van der Waals surface area (Å²) >= 11 is 0. The number of nitrogens with two attached hydrogens (primary N) is 1. The molecule has 1 fully saturated rings. The number of aliphatic carboxylic acids is 1. The molecule has 0 saturated heterocycles. The molecule has 21 heavy (non-hydrogen) atoms. The lowest BCUT2D eigenvalue weighted by Crippen LogP contribution is -2.22. The van der Waals surface area contributed by atoms with Crippen molar-refractivity contribution in [1.29, 1.82) is 0 Å². The average molecular weight is 290 g/mol. The molecule has 0 aromatic heterocycles. The third-order valence-corrected chi connectivity index (χ3v) is 3.92. The minimum atomic E-state index is -0.840. The molecule has 1 aromatic carbocycles. The number of nitrogens with one attached hydrogen (secondary N) is 1. The van der Waals surface area contributed by atoms with Gasteiger partial charge in [-0.15, -0.1) is 0 Å². The van der Waals surface area contributed by atoms with E-state index in [1.807, 2.05) is 0 Å². The first-order valence-corrected chi connectivity index (χ1v) is 6.82. The summed E-state index contributed by atoms with van der Waals surface area (Å²) in [5.41, 5.74) is 6.94. The molecule has 0 aliphatic heterocycles. The van der Waals surface area contributed by atoms with E-state index in [-0.39, 0.29) is 11.8 Å². The molecule has 0 spiro atoms. The first-order chi connectivity index (χ1) is 9.88. The number of aryl methyl sites for hydroxylation is 1. The van der Waals surface area contributed by atoms with E-state index in [0.717, 1.165) is 5.56 Å². The molecule has 0 heterocycles. The molecular weight excluding hydrogens is 272 g/mol. The third-order valence-electron chi connectivity index (χ3n) is 3.92. The predicted molar refractivity (Wildman–Crippen MR) is 76.8 cm³/mol. The van der Waals surface area contributed by atoms with E-state index in [1.165, 1.54) is 0 Å². The molecule has 6 nitrogen and oxygen atoms in total. The smallest absolute Gasteiger partial charge is 0.306 e. The Morgan fingerprint density at radius 2 is 1.90 bits per heavy atom. The van der Waals surface area contributed by atoms with Gasteiger partial charge in [0.2, 0.25) is 11.8 Å². The van der Waals surface area contributed by atoms with Crippen LogP contribution in [0.25, 0.3) is 0 Å². The van der Waals surface area contributed by atoms with Gasteiger partial charge in [-0.3, -0.25) is 14.4 Å². The van der Waals surface area contributed by atoms with Crippen molar-refractivity contribution in [3.63, 3.8) is 0 Å². The van der Waals surface area contributed by atoms with Crippen LogP contribution in [0.4, 0.5) is 5.69 Å². The van der Waals surface area contributed by atoms with E-state index >= 15 is 0 Å². The second-order valence-corrected chi connectivity index (χ2v) is 5.43. The van der Waals surface area contributed by atoms with Gasteiger partial charge in [-0.25, -0.2) is 0 Å². The molecule has 2 rings (SSSR count). The van der Waals surface area contributed by atoms with Crippen molar-refractivity contribution in [2.75, 3.05) is 5.32 Å². The first-order valence-electron chi connectivity index (χ1n) is 6.82. The van der Waals surface area contributed by atoms with Gasteiger partial charge < -0.3 is 16.2 Å². The summed E-state index contributed by atoms with van der Waals surface area (Å²) < 4.78 is 0. The highest BCUT2D eigenvalue weighted by Gasteiger charge is 2.33. The van der Waals surface area contributed by atoms with Crippen molar-refractivity contribution in [3.8, 4) is 0 Å². The molecule has 0 bridgehead atoms. The highest BCUT2D eigenvalue weighted by Crippen LogP contribution is 2.32. The topological polar surface area (TPSA) is 109 Å². The molecule has 6 heteroatoms. The number of rotatable bonds is 4. The van der Waals surface area contributed by atoms with Crippen LogP contribution in [0, 0.1) is 18.8 Å². The van der Waals surface area contributed by atoms with Gasteiger partial charge in [-0.05, 0) is 49.9 Å². The fourth-order valence-electron chi connectivity index (χ4n) is 2.64. The molecule has 1 aliphatic rings. The van der Waals surface area contributed by atoms with E-state index in [1.54, 1.807) is 25.1 Å². The third kappa shape index (κ3) is 3.39. The summed E-state index contributed by atoms with van der Waals surface area (Å²) in [7, 11) is 0. The number of benzene rings is 1. The second-order valence-electron chi connectivity index (χ2n) is 5.43. The first kappa shape index (κ1) is 15.0. The normalized spacial score (nSPS) is 21.0. The molecule has 0 radical (unpaired) electrons. The summed E-state index contributed by atoms with van der Waals surface area (Å²) in [5, 5.41) is 11.7. The van der Waals surface area contributed by atoms with Crippen LogP contribution in [0.15, 0.2) is 18.2 Å². The molecule has 2 atom stereocenters. The number of carboxylic acids is 1. The summed E-state index contributed by atoms with van der Waals surface area (Å²) in [5.74, 6) is -2.24. The maximum absolute atomic E-state index is 12.2. The Bertz CT molecular complexity index is 597. The summed E-state index contributed by atoms with van der Waals surface area (Å²) in [6.07, 6.45) is 1.49. The molecule has 1 aliphatic carbocycles. The van der Waals surface area contributed by atoms with Crippen LogP contribution in [0.1, 0.15) is 35.2 Å². The molecular formula is C15H18N2O4. The number of hydrogen-bond acceptors (Lipinski definition) is 3. The highest BCUT2D eigenvalue weighted by atomic mass is 16.4. The number of hydrogen-bond donors (Lipinski definition) is 3. The number of carbonyl (C=O) groups is 3. The van der Waals surface area contributed by atoms with Crippen molar-refractivity contribution in [3.05, 3.63) is 29.3 Å². The average Bonchev–Trinajstić information content (AvgIpc) is 2.90. The fraction of sp³-hybridized carbons (Fsp3) is 0.400. The van der Waals surface area contributed by atoms with Crippen molar-refractivity contribution in [2.45, 2.75) is 26.2 Å². The lowest BCUT2D eigenvalue weighted by Gasteiger charge is -2.13. The Balaban J connectivity index is 2.03. The predicted octanol–water partition coefficient (Wildman–Crippen LogP) is 1.53. The van der Waals surface area contributed by atoms with E-state index in [2.05, 4.69) is 5.32 Å². The van der Waals surface area contributed by atoms with Gasteiger partial charge in [0.15, 0.2) is 0 Å². The van der Waals surface area contributed by atoms with E-state index in [0.29, 0.717) is 30.5 Å². The van der Waals surface area contributed by atoms with E-state index < -0.39 is 17.8 Å². The lowest BCUT2D eigenvalue weighted by molar-refractivity contribution is -0.141. The minimum Gasteiger partial charge on any atom is -0.481 e. The van der Waals surface area contributed by atoms with Gasteiger partial charge in [0, 0.05) is 17.2 Å². The maximum Gasteiger partial charge on any atom is 0.306 e. The van der Waals surface area contributed by atoms with E-state index in [4.69, 9.17) is 10.8 Å². The molecule has 2 amide bonds. The highest BCUT2D eigenvalue weighted by molar-refractivity contribution is 5.96. The zero-order chi connectivity index (χ0) is 15.6. The Kier molecular flexibility index (Phi) is 4.26. The van der Waals surface area contributed by atoms with Crippen LogP contribution in [0.3, 0.4) is 0 Å². The van der Waals surface area contributed by atoms with Gasteiger partial charge in [-0.1, -0.05) is 0 Å². The van der Waals surface area contributed by atoms with Gasteiger partial charge >= 0.3 is 5.97 Å². The van der Waals surface area contributed by atoms with Crippen LogP contribution in [-0.2, 0) is 9.59 Å². The summed E-state index contributed by atoms with van der Waals surface area (Å²) in [6.45, 7) is 1.77. The Morgan fingerprint density at radius 3 is 2.43 bits per heavy atom. The maximum atomic E-state index is 12.2. The number of carboxylic acid groups (broad SMARTS) is 1. The monoisotopic (exact) mass is 290 g/mol. The van der Waals surface area contributed by atoms with Crippen molar-refractivity contribution in [2.24, 2.45) is 17.6 Å². The molecule has 1 aromatic rings. The SMILES string of the molecule is Cc1cc(C(N)=O)ccc1NC(=O)C1CCC(C(=O)O)C1. The standard InChI is InChI=1S/C15H18N2O4/c1-8-6-9(13(16)18)4-5-12(8)17-14(19)10-2-3-11(7-10)15(20)21/h4-6,10-11H,2-3,7H2,1H3,(H2,16,18)(H,17,19)(H,20,21). The second kappa shape index (κ2) is 5.95. The van der Waals surface area contributed by atoms with Gasteiger partial charge in [0.05, 0.1) is 5.92 Å². The van der Waals surface area contributed by atoms with Crippen LogP contribution in [-0.4, -0.2) is 22.9 Å². The number of amides is 2. The van der Waals surface area contributed by atoms with Crippen molar-refractivity contribution < 1.29 is 19.5 Å². The zero-order valence-corrected chi connectivity index (χ0v) is 11.8. The van der Waals surface area contributed by atoms with E-state index in [9.17, 15) is 14.4 Å². The van der Waals surface area contributed by atoms with Crippen LogP contribution in [0.5, 0.6) is 0 Å². The van der Waals surface area contributed by atoms with Gasteiger partial charge in [-0.2, -0.15) is 0 Å². The largest absolute Gasteiger partial charge is 0.481 e. The van der Waals surface area contributed by atoms with Crippen LogP contribution >= 0.6 is 0 Å². The molecule has 1 saturated carbocycles. The van der Waals surface area contributed by atoms with Gasteiger partial charge in [0.1, 0.15) is 0 Å². The fourth-order valence-corrected chi connectivity index (χ4v) is 2.64. The van der Waals surface area contributed by atoms with Crippen LogP contribution in [0.2, 0.25) is 0 Å². The lowest BCUT2D eigenvalue weighted by atomic mass is 10.0. The van der Waals surface area contributed by atoms with Gasteiger partial charge in [0.25, 0.3) is 0 Å². The summed E-state index contributed by atoms with van der Waals surface area (Å²) in [4.78, 5) is 34.1. The van der Waals surface area contributed by atoms with Crippen LogP contribution < -0.4 is 11.1 Å². The Morgan fingerprint density at radius 1 is 1.24 bits per heavy atom. The van der Waals surface area contributed by atoms with Crippen molar-refractivity contribution in [1.82, 2.24) is 0 Å². The quantitative estimate of drug-likeness (QED) is 0.781. The molecule has 4 N–H and O–H groups in total. The zero-order valence-electron chi connectivity index (χ0n) is 11.8. The number of anilines is 1. The van der Waals surface area contributed by atoms with Crippen molar-refractivity contribution >= 4 is 23.5 Å². The Labute approximate surface area is 122 Å². The molecule has 2 unspecified atom stereocenters. The number of carbonyl (C=O) groups excluding carboxylic acids is 2. The molecule has 112 valence electrons. The summed E-state index contributed by atoms with van der Waals surface area (Å²) in [6, 6.07) is 4.81. The number of primary amides is 1.